The van der Waals surface area contributed by atoms with E-state index >= 15 is 0 Å². The largest absolute Gasteiger partial charge is 0.388 e. The summed E-state index contributed by atoms with van der Waals surface area (Å²) < 4.78 is 0. The first-order chi connectivity index (χ1) is 7.29. The number of aliphatic hydroxyl groups is 1. The van der Waals surface area contributed by atoms with Crippen LogP contribution in [0.15, 0.2) is 42.5 Å². The molecule has 15 heavy (non-hydrogen) atoms. The molecular formula is C13H14O2. The Bertz CT molecular complexity index is 367. The van der Waals surface area contributed by atoms with Gasteiger partial charge in [0.1, 0.15) is 0 Å². The Morgan fingerprint density at radius 1 is 1.27 bits per heavy atom. The van der Waals surface area contributed by atoms with Crippen LogP contribution in [0.3, 0.4) is 0 Å². The predicted molar refractivity (Wildman–Crippen MR) is 58.3 cm³/mol. The first-order valence-electron chi connectivity index (χ1n) is 5.22. The third-order valence-electron chi connectivity index (χ3n) is 2.81. The van der Waals surface area contributed by atoms with Gasteiger partial charge in [-0.2, -0.15) is 0 Å². The maximum absolute atomic E-state index is 11.6. The van der Waals surface area contributed by atoms with Crippen molar-refractivity contribution in [3.8, 4) is 0 Å². The lowest BCUT2D eigenvalue weighted by Crippen LogP contribution is -2.22. The van der Waals surface area contributed by atoms with E-state index in [9.17, 15) is 9.90 Å². The summed E-state index contributed by atoms with van der Waals surface area (Å²) in [7, 11) is 0. The van der Waals surface area contributed by atoms with E-state index in [0.29, 0.717) is 0 Å². The molecule has 0 radical (unpaired) electrons. The van der Waals surface area contributed by atoms with Crippen molar-refractivity contribution >= 4 is 5.78 Å². The molecular weight excluding hydrogens is 188 g/mol. The molecule has 0 spiro atoms. The summed E-state index contributed by atoms with van der Waals surface area (Å²) >= 11 is 0. The van der Waals surface area contributed by atoms with Crippen molar-refractivity contribution in [1.29, 1.82) is 0 Å². The van der Waals surface area contributed by atoms with Gasteiger partial charge < -0.3 is 5.11 Å². The summed E-state index contributed by atoms with van der Waals surface area (Å²) in [5.74, 6) is -0.227. The van der Waals surface area contributed by atoms with Crippen LogP contribution in [-0.2, 0) is 4.79 Å². The maximum atomic E-state index is 11.6. The molecule has 0 saturated carbocycles. The van der Waals surface area contributed by atoms with Crippen LogP contribution >= 0.6 is 0 Å². The van der Waals surface area contributed by atoms with Crippen LogP contribution in [0.2, 0.25) is 0 Å². The number of hydrogen-bond donors (Lipinski definition) is 1. The number of carbonyl (C=O) groups excluding carboxylic acids is 1. The molecule has 0 bridgehead atoms. The Hall–Kier alpha value is -1.41. The Morgan fingerprint density at radius 2 is 2.00 bits per heavy atom. The summed E-state index contributed by atoms with van der Waals surface area (Å²) in [4.78, 5) is 11.6. The van der Waals surface area contributed by atoms with Gasteiger partial charge in [-0.05, 0) is 24.5 Å². The molecule has 2 heteroatoms. The van der Waals surface area contributed by atoms with E-state index in [4.69, 9.17) is 0 Å². The molecule has 0 amide bonds. The molecule has 2 nitrogen and oxygen atoms in total. The molecule has 0 unspecified atom stereocenters. The van der Waals surface area contributed by atoms with Crippen LogP contribution in [0.25, 0.3) is 0 Å². The van der Waals surface area contributed by atoms with E-state index in [-0.39, 0.29) is 11.7 Å². The van der Waals surface area contributed by atoms with Gasteiger partial charge in [0, 0.05) is 0 Å². The lowest BCUT2D eigenvalue weighted by Gasteiger charge is -2.22. The Balaban J connectivity index is 2.18. The first-order valence-corrected chi connectivity index (χ1v) is 5.22. The molecule has 1 aromatic carbocycles. The van der Waals surface area contributed by atoms with Gasteiger partial charge in [0.25, 0.3) is 0 Å². The highest BCUT2D eigenvalue weighted by Gasteiger charge is 2.27. The van der Waals surface area contributed by atoms with E-state index in [0.717, 1.165) is 18.4 Å². The molecule has 0 aromatic heterocycles. The lowest BCUT2D eigenvalue weighted by atomic mass is 9.85. The minimum Gasteiger partial charge on any atom is -0.388 e. The molecule has 1 N–H and O–H groups in total. The van der Waals surface area contributed by atoms with Gasteiger partial charge in [-0.3, -0.25) is 4.79 Å². The minimum absolute atomic E-state index is 0.0394. The van der Waals surface area contributed by atoms with Gasteiger partial charge in [-0.25, -0.2) is 0 Å². The second kappa shape index (κ2) is 4.41. The number of benzene rings is 1. The second-order valence-corrected chi connectivity index (χ2v) is 3.84. The van der Waals surface area contributed by atoms with Crippen molar-refractivity contribution in [2.24, 2.45) is 5.92 Å². The fourth-order valence-electron chi connectivity index (χ4n) is 1.94. The summed E-state index contributed by atoms with van der Waals surface area (Å²) in [6, 6.07) is 9.37. The van der Waals surface area contributed by atoms with E-state index in [2.05, 4.69) is 0 Å². The molecule has 0 saturated heterocycles. The highest BCUT2D eigenvalue weighted by molar-refractivity contribution is 5.92. The number of hydrogen-bond acceptors (Lipinski definition) is 2. The third-order valence-corrected chi connectivity index (χ3v) is 2.81. The highest BCUT2D eigenvalue weighted by Crippen LogP contribution is 2.29. The standard InChI is InChI=1S/C13H14O2/c14-12-9-5-4-8-11(12)13(15)10-6-2-1-3-7-10/h1-3,5-7,9,11,13,15H,4,8H2/t11-,13+/m0/s1. The van der Waals surface area contributed by atoms with Gasteiger partial charge in [-0.1, -0.05) is 36.4 Å². The number of ketones is 1. The molecule has 0 aliphatic heterocycles. The third kappa shape index (κ3) is 2.16. The van der Waals surface area contributed by atoms with E-state index in [1.807, 2.05) is 36.4 Å². The highest BCUT2D eigenvalue weighted by atomic mass is 16.3. The SMILES string of the molecule is O=C1C=CCC[C@@H]1[C@H](O)c1ccccc1. The topological polar surface area (TPSA) is 37.3 Å². The van der Waals surface area contributed by atoms with Crippen LogP contribution < -0.4 is 0 Å². The van der Waals surface area contributed by atoms with Crippen molar-refractivity contribution < 1.29 is 9.90 Å². The van der Waals surface area contributed by atoms with Gasteiger partial charge in [-0.15, -0.1) is 0 Å². The van der Waals surface area contributed by atoms with E-state index in [1.165, 1.54) is 0 Å². The molecule has 0 heterocycles. The Kier molecular flexibility index (Phi) is 2.97. The summed E-state index contributed by atoms with van der Waals surface area (Å²) in [6.45, 7) is 0. The van der Waals surface area contributed by atoms with E-state index < -0.39 is 6.10 Å². The first kappa shape index (κ1) is 10.1. The molecule has 0 fully saturated rings. The monoisotopic (exact) mass is 202 g/mol. The van der Waals surface area contributed by atoms with Crippen molar-refractivity contribution in [2.75, 3.05) is 0 Å². The number of carbonyl (C=O) groups is 1. The molecule has 2 rings (SSSR count). The zero-order valence-electron chi connectivity index (χ0n) is 8.47. The summed E-state index contributed by atoms with van der Waals surface area (Å²) in [6.07, 6.45) is 4.41. The van der Waals surface area contributed by atoms with Gasteiger partial charge in [0.05, 0.1) is 12.0 Å². The predicted octanol–water partition coefficient (Wildman–Crippen LogP) is 2.26. The molecule has 1 aliphatic carbocycles. The normalized spacial score (nSPS) is 22.7. The van der Waals surface area contributed by atoms with Crippen LogP contribution in [0.5, 0.6) is 0 Å². The molecule has 1 aromatic rings. The van der Waals surface area contributed by atoms with Crippen LogP contribution in [0.1, 0.15) is 24.5 Å². The second-order valence-electron chi connectivity index (χ2n) is 3.84. The Morgan fingerprint density at radius 3 is 2.67 bits per heavy atom. The Labute approximate surface area is 89.2 Å². The van der Waals surface area contributed by atoms with E-state index in [1.54, 1.807) is 6.08 Å². The average Bonchev–Trinajstić information content (AvgIpc) is 2.30. The molecule has 1 aliphatic rings. The smallest absolute Gasteiger partial charge is 0.161 e. The zero-order valence-corrected chi connectivity index (χ0v) is 8.47. The maximum Gasteiger partial charge on any atom is 0.161 e. The zero-order chi connectivity index (χ0) is 10.7. The van der Waals surface area contributed by atoms with Crippen molar-refractivity contribution in [3.05, 3.63) is 48.0 Å². The fourth-order valence-corrected chi connectivity index (χ4v) is 1.94. The number of aliphatic hydroxyl groups excluding tert-OH is 1. The minimum atomic E-state index is -0.663. The average molecular weight is 202 g/mol. The fraction of sp³-hybridized carbons (Fsp3) is 0.308. The van der Waals surface area contributed by atoms with Crippen LogP contribution in [-0.4, -0.2) is 10.9 Å². The quantitative estimate of drug-likeness (QED) is 0.798. The van der Waals surface area contributed by atoms with Crippen LogP contribution in [0, 0.1) is 5.92 Å². The van der Waals surface area contributed by atoms with Crippen molar-refractivity contribution in [3.63, 3.8) is 0 Å². The number of allylic oxidation sites excluding steroid dienone is 2. The van der Waals surface area contributed by atoms with Gasteiger partial charge >= 0.3 is 0 Å². The summed E-state index contributed by atoms with van der Waals surface area (Å²) in [5, 5.41) is 10.1. The van der Waals surface area contributed by atoms with Crippen LogP contribution in [0.4, 0.5) is 0 Å². The van der Waals surface area contributed by atoms with Gasteiger partial charge in [0.15, 0.2) is 5.78 Å². The lowest BCUT2D eigenvalue weighted by molar-refractivity contribution is -0.122. The van der Waals surface area contributed by atoms with Crippen molar-refractivity contribution in [2.45, 2.75) is 18.9 Å². The number of rotatable bonds is 2. The summed E-state index contributed by atoms with van der Waals surface area (Å²) in [5.41, 5.74) is 0.825. The van der Waals surface area contributed by atoms with Gasteiger partial charge in [0.2, 0.25) is 0 Å². The molecule has 78 valence electrons. The van der Waals surface area contributed by atoms with Crippen molar-refractivity contribution in [1.82, 2.24) is 0 Å². The molecule has 2 atom stereocenters.